The normalized spacial score (nSPS) is 22.6. The van der Waals surface area contributed by atoms with Crippen molar-refractivity contribution in [3.05, 3.63) is 39.4 Å². The zero-order chi connectivity index (χ0) is 20.2. The number of carbonyl (C=O) groups is 1. The van der Waals surface area contributed by atoms with Gasteiger partial charge in [-0.3, -0.25) is 4.79 Å². The Labute approximate surface area is 162 Å². The standard InChI is InChI=1S/C21H26FN3O3/c1-3-12-6-13(23)9-24(8-12)19-11(2)18-15(7-17(19)22)20(26)16(21(27)28)10-25(18)14-4-5-14/h7,10,12-14H,3-6,8-9,23H2,1-2H3,(H,27,28)/t12-,13+/m1/s1. The van der Waals surface area contributed by atoms with Crippen LogP contribution in [0.3, 0.4) is 0 Å². The maximum atomic E-state index is 15.2. The lowest BCUT2D eigenvalue weighted by Gasteiger charge is -2.38. The fourth-order valence-corrected chi connectivity index (χ4v) is 4.58. The Balaban J connectivity index is 1.95. The van der Waals surface area contributed by atoms with Crippen molar-refractivity contribution in [2.24, 2.45) is 11.7 Å². The molecule has 0 bridgehead atoms. The summed E-state index contributed by atoms with van der Waals surface area (Å²) in [6.45, 7) is 5.23. The van der Waals surface area contributed by atoms with E-state index in [9.17, 15) is 14.7 Å². The van der Waals surface area contributed by atoms with Gasteiger partial charge in [-0.05, 0) is 43.7 Å². The molecule has 0 amide bonds. The lowest BCUT2D eigenvalue weighted by atomic mass is 9.91. The van der Waals surface area contributed by atoms with Gasteiger partial charge in [0.1, 0.15) is 11.4 Å². The monoisotopic (exact) mass is 387 g/mol. The highest BCUT2D eigenvalue weighted by molar-refractivity contribution is 5.95. The molecule has 1 aromatic heterocycles. The van der Waals surface area contributed by atoms with Crippen molar-refractivity contribution >= 4 is 22.6 Å². The van der Waals surface area contributed by atoms with E-state index in [1.807, 2.05) is 16.4 Å². The number of piperidine rings is 1. The Morgan fingerprint density at radius 3 is 2.68 bits per heavy atom. The zero-order valence-electron chi connectivity index (χ0n) is 16.2. The molecular weight excluding hydrogens is 361 g/mol. The smallest absolute Gasteiger partial charge is 0.341 e. The van der Waals surface area contributed by atoms with Crippen LogP contribution in [-0.2, 0) is 0 Å². The molecule has 1 aromatic carbocycles. The number of aryl methyl sites for hydroxylation is 1. The van der Waals surface area contributed by atoms with E-state index in [2.05, 4.69) is 6.92 Å². The number of rotatable bonds is 4. The summed E-state index contributed by atoms with van der Waals surface area (Å²) in [7, 11) is 0. The maximum Gasteiger partial charge on any atom is 0.341 e. The summed E-state index contributed by atoms with van der Waals surface area (Å²) >= 11 is 0. The molecule has 2 atom stereocenters. The fourth-order valence-electron chi connectivity index (χ4n) is 4.58. The van der Waals surface area contributed by atoms with Crippen LogP contribution >= 0.6 is 0 Å². The predicted molar refractivity (Wildman–Crippen MR) is 107 cm³/mol. The Morgan fingerprint density at radius 2 is 2.07 bits per heavy atom. The molecular formula is C21H26FN3O3. The van der Waals surface area contributed by atoms with Crippen LogP contribution in [0.4, 0.5) is 10.1 Å². The van der Waals surface area contributed by atoms with Gasteiger partial charge in [0.25, 0.3) is 0 Å². The van der Waals surface area contributed by atoms with Crippen LogP contribution in [0, 0.1) is 18.7 Å². The highest BCUT2D eigenvalue weighted by Gasteiger charge is 2.31. The van der Waals surface area contributed by atoms with Crippen molar-refractivity contribution < 1.29 is 14.3 Å². The van der Waals surface area contributed by atoms with Crippen LogP contribution < -0.4 is 16.1 Å². The third-order valence-electron chi connectivity index (χ3n) is 6.11. The van der Waals surface area contributed by atoms with Gasteiger partial charge >= 0.3 is 5.97 Å². The highest BCUT2D eigenvalue weighted by Crippen LogP contribution is 2.40. The van der Waals surface area contributed by atoms with Gasteiger partial charge < -0.3 is 20.3 Å². The molecule has 2 heterocycles. The van der Waals surface area contributed by atoms with E-state index in [-0.39, 0.29) is 23.0 Å². The summed E-state index contributed by atoms with van der Waals surface area (Å²) in [5, 5.41) is 9.54. The Kier molecular flexibility index (Phi) is 4.65. The first-order chi connectivity index (χ1) is 13.3. The van der Waals surface area contributed by atoms with Crippen molar-refractivity contribution in [1.29, 1.82) is 0 Å². The van der Waals surface area contributed by atoms with Gasteiger partial charge in [-0.1, -0.05) is 13.3 Å². The van der Waals surface area contributed by atoms with Gasteiger partial charge in [-0.25, -0.2) is 9.18 Å². The second-order valence-corrected chi connectivity index (χ2v) is 8.22. The molecule has 2 aromatic rings. The number of nitrogens with zero attached hydrogens (tertiary/aromatic N) is 2. The number of nitrogens with two attached hydrogens (primary N) is 1. The van der Waals surface area contributed by atoms with Crippen LogP contribution in [-0.4, -0.2) is 34.8 Å². The zero-order valence-corrected chi connectivity index (χ0v) is 16.2. The summed E-state index contributed by atoms with van der Waals surface area (Å²) in [6, 6.07) is 1.35. The second kappa shape index (κ2) is 6.88. The molecule has 4 rings (SSSR count). The number of carboxylic acids is 1. The first kappa shape index (κ1) is 18.9. The molecule has 2 fully saturated rings. The largest absolute Gasteiger partial charge is 0.477 e. The molecule has 1 saturated carbocycles. The number of fused-ring (bicyclic) bond motifs is 1. The Morgan fingerprint density at radius 1 is 1.36 bits per heavy atom. The van der Waals surface area contributed by atoms with Crippen LogP contribution in [0.25, 0.3) is 10.9 Å². The lowest BCUT2D eigenvalue weighted by molar-refractivity contribution is 0.0695. The van der Waals surface area contributed by atoms with Gasteiger partial charge in [-0.15, -0.1) is 0 Å². The average Bonchev–Trinajstić information content (AvgIpc) is 3.46. The van der Waals surface area contributed by atoms with Gasteiger partial charge in [0.2, 0.25) is 5.43 Å². The molecule has 2 aliphatic rings. The minimum atomic E-state index is -1.28. The summed E-state index contributed by atoms with van der Waals surface area (Å²) < 4.78 is 17.1. The van der Waals surface area contributed by atoms with Crippen molar-refractivity contribution in [2.45, 2.75) is 51.6 Å². The van der Waals surface area contributed by atoms with Gasteiger partial charge in [-0.2, -0.15) is 0 Å². The van der Waals surface area contributed by atoms with Crippen molar-refractivity contribution in [1.82, 2.24) is 4.57 Å². The van der Waals surface area contributed by atoms with Crippen LogP contribution in [0.5, 0.6) is 0 Å². The predicted octanol–water partition coefficient (Wildman–Crippen LogP) is 3.05. The third-order valence-corrected chi connectivity index (χ3v) is 6.11. The number of benzene rings is 1. The van der Waals surface area contributed by atoms with Crippen LogP contribution in [0.15, 0.2) is 17.1 Å². The van der Waals surface area contributed by atoms with E-state index in [0.29, 0.717) is 29.2 Å². The molecule has 28 heavy (non-hydrogen) atoms. The number of hydrogen-bond acceptors (Lipinski definition) is 4. The summed E-state index contributed by atoms with van der Waals surface area (Å²) in [5.74, 6) is -1.37. The molecule has 1 aliphatic carbocycles. The minimum absolute atomic E-state index is 0.0202. The summed E-state index contributed by atoms with van der Waals surface area (Å²) in [6.07, 6.45) is 5.19. The second-order valence-electron chi connectivity index (χ2n) is 8.22. The first-order valence-corrected chi connectivity index (χ1v) is 9.93. The molecule has 0 radical (unpaired) electrons. The third kappa shape index (κ3) is 3.07. The Bertz CT molecular complexity index is 1010. The number of aromatic carboxylic acids is 1. The molecule has 150 valence electrons. The van der Waals surface area contributed by atoms with Crippen molar-refractivity contribution in [2.75, 3.05) is 18.0 Å². The van der Waals surface area contributed by atoms with Gasteiger partial charge in [0, 0.05) is 36.8 Å². The van der Waals surface area contributed by atoms with E-state index in [1.54, 1.807) is 0 Å². The molecule has 3 N–H and O–H groups in total. The number of aromatic nitrogens is 1. The van der Waals surface area contributed by atoms with E-state index < -0.39 is 17.2 Å². The number of pyridine rings is 1. The molecule has 7 heteroatoms. The van der Waals surface area contributed by atoms with Crippen molar-refractivity contribution in [3.63, 3.8) is 0 Å². The maximum absolute atomic E-state index is 15.2. The van der Waals surface area contributed by atoms with Gasteiger partial charge in [0.15, 0.2) is 0 Å². The lowest BCUT2D eigenvalue weighted by Crippen LogP contribution is -2.47. The highest BCUT2D eigenvalue weighted by atomic mass is 19.1. The SMILES string of the molecule is CC[C@@H]1C[C@H](N)CN(c2c(F)cc3c(=O)c(C(=O)O)cn(C4CC4)c3c2C)C1. The molecule has 1 saturated heterocycles. The Hall–Kier alpha value is -2.41. The van der Waals surface area contributed by atoms with Crippen LogP contribution in [0.1, 0.15) is 54.6 Å². The van der Waals surface area contributed by atoms with E-state index in [1.165, 1.54) is 12.3 Å². The first-order valence-electron chi connectivity index (χ1n) is 9.93. The number of hydrogen-bond donors (Lipinski definition) is 2. The minimum Gasteiger partial charge on any atom is -0.477 e. The summed E-state index contributed by atoms with van der Waals surface area (Å²) in [5.41, 5.74) is 7.09. The number of anilines is 1. The summed E-state index contributed by atoms with van der Waals surface area (Å²) in [4.78, 5) is 26.2. The average molecular weight is 387 g/mol. The van der Waals surface area contributed by atoms with Crippen LogP contribution in [0.2, 0.25) is 0 Å². The number of carboxylic acid groups (broad SMARTS) is 1. The number of halogens is 1. The quantitative estimate of drug-likeness (QED) is 0.842. The molecule has 0 unspecified atom stereocenters. The van der Waals surface area contributed by atoms with Gasteiger partial charge in [0.05, 0.1) is 11.2 Å². The van der Waals surface area contributed by atoms with E-state index in [4.69, 9.17) is 5.73 Å². The molecule has 0 spiro atoms. The van der Waals surface area contributed by atoms with E-state index in [0.717, 1.165) is 32.2 Å². The molecule has 1 aliphatic heterocycles. The molecule has 6 nitrogen and oxygen atoms in total. The fraction of sp³-hybridized carbons (Fsp3) is 0.524. The topological polar surface area (TPSA) is 88.6 Å². The van der Waals surface area contributed by atoms with E-state index >= 15 is 4.39 Å². The van der Waals surface area contributed by atoms with Crippen molar-refractivity contribution in [3.8, 4) is 0 Å².